The van der Waals surface area contributed by atoms with Crippen molar-refractivity contribution in [2.24, 2.45) is 0 Å². The monoisotopic (exact) mass is 281 g/mol. The third kappa shape index (κ3) is 2.65. The van der Waals surface area contributed by atoms with Crippen molar-refractivity contribution >= 4 is 5.82 Å². The van der Waals surface area contributed by atoms with Crippen molar-refractivity contribution in [2.45, 2.75) is 46.0 Å². The van der Waals surface area contributed by atoms with Crippen molar-refractivity contribution < 1.29 is 0 Å². The average molecular weight is 281 g/mol. The molecule has 1 aromatic carbocycles. The third-order valence-corrected chi connectivity index (χ3v) is 4.60. The van der Waals surface area contributed by atoms with Gasteiger partial charge in [0.1, 0.15) is 0 Å². The first-order valence-corrected chi connectivity index (χ1v) is 7.88. The van der Waals surface area contributed by atoms with E-state index in [0.29, 0.717) is 0 Å². The molecule has 3 heteroatoms. The van der Waals surface area contributed by atoms with Crippen LogP contribution in [0, 0.1) is 13.8 Å². The second-order valence-electron chi connectivity index (χ2n) is 5.93. The lowest BCUT2D eigenvalue weighted by atomic mass is 9.79. The molecule has 2 aromatic rings. The topological polar surface area (TPSA) is 37.8 Å². The highest BCUT2D eigenvalue weighted by molar-refractivity contribution is 5.67. The highest BCUT2D eigenvalue weighted by atomic mass is 15.2. The minimum Gasteiger partial charge on any atom is -0.369 e. The zero-order valence-electron chi connectivity index (χ0n) is 13.1. The Morgan fingerprint density at radius 2 is 1.95 bits per heavy atom. The maximum Gasteiger partial charge on any atom is 0.151 e. The Morgan fingerprint density at radius 3 is 2.62 bits per heavy atom. The molecular formula is C18H23N3. The summed E-state index contributed by atoms with van der Waals surface area (Å²) < 4.78 is 0. The van der Waals surface area contributed by atoms with E-state index >= 15 is 0 Å². The van der Waals surface area contributed by atoms with E-state index in [4.69, 9.17) is 0 Å². The van der Waals surface area contributed by atoms with Crippen molar-refractivity contribution in [3.05, 3.63) is 41.0 Å². The summed E-state index contributed by atoms with van der Waals surface area (Å²) in [6.45, 7) is 7.19. The summed E-state index contributed by atoms with van der Waals surface area (Å²) in [4.78, 5) is 0. The summed E-state index contributed by atoms with van der Waals surface area (Å²) in [6.07, 6.45) is 4.02. The summed E-state index contributed by atoms with van der Waals surface area (Å²) in [6, 6.07) is 8.84. The van der Waals surface area contributed by atoms with E-state index in [1.165, 1.54) is 41.5 Å². The van der Waals surface area contributed by atoms with Crippen LogP contribution in [0.3, 0.4) is 0 Å². The van der Waals surface area contributed by atoms with Gasteiger partial charge in [-0.25, -0.2) is 0 Å². The van der Waals surface area contributed by atoms with Crippen LogP contribution in [-0.2, 0) is 0 Å². The molecule has 1 heterocycles. The van der Waals surface area contributed by atoms with E-state index in [0.717, 1.165) is 24.0 Å². The van der Waals surface area contributed by atoms with E-state index in [1.807, 2.05) is 0 Å². The van der Waals surface area contributed by atoms with Gasteiger partial charge in [0.05, 0.1) is 5.69 Å². The van der Waals surface area contributed by atoms with Gasteiger partial charge in [0, 0.05) is 12.1 Å². The Bertz CT molecular complexity index is 645. The van der Waals surface area contributed by atoms with Crippen molar-refractivity contribution in [3.63, 3.8) is 0 Å². The van der Waals surface area contributed by atoms with Gasteiger partial charge in [-0.15, -0.1) is 10.2 Å². The highest BCUT2D eigenvalue weighted by Gasteiger charge is 2.20. The lowest BCUT2D eigenvalue weighted by Gasteiger charge is -2.26. The fourth-order valence-corrected chi connectivity index (χ4v) is 2.90. The van der Waals surface area contributed by atoms with Crippen molar-refractivity contribution in [1.82, 2.24) is 10.2 Å². The minimum absolute atomic E-state index is 0.750. The Labute approximate surface area is 126 Å². The molecule has 0 saturated heterocycles. The molecule has 1 aliphatic carbocycles. The average Bonchev–Trinajstić information content (AvgIpc) is 2.43. The van der Waals surface area contributed by atoms with Crippen LogP contribution in [0.15, 0.2) is 24.3 Å². The number of hydrogen-bond acceptors (Lipinski definition) is 3. The Morgan fingerprint density at radius 1 is 1.14 bits per heavy atom. The molecule has 0 atom stereocenters. The molecule has 0 aliphatic heterocycles. The fraction of sp³-hybridized carbons (Fsp3) is 0.444. The molecule has 21 heavy (non-hydrogen) atoms. The third-order valence-electron chi connectivity index (χ3n) is 4.60. The Balaban J connectivity index is 1.98. The molecule has 3 rings (SSSR count). The molecule has 1 fully saturated rings. The molecule has 110 valence electrons. The maximum atomic E-state index is 4.46. The number of anilines is 1. The quantitative estimate of drug-likeness (QED) is 0.899. The van der Waals surface area contributed by atoms with E-state index in [-0.39, 0.29) is 0 Å². The molecule has 1 N–H and O–H groups in total. The molecule has 3 nitrogen and oxygen atoms in total. The van der Waals surface area contributed by atoms with Gasteiger partial charge in [0.15, 0.2) is 5.82 Å². The first-order valence-electron chi connectivity index (χ1n) is 7.88. The lowest BCUT2D eigenvalue weighted by molar-refractivity contribution is 0.420. The number of nitrogens with zero attached hydrogens (tertiary/aromatic N) is 2. The van der Waals surface area contributed by atoms with Gasteiger partial charge in [-0.3, -0.25) is 0 Å². The normalized spacial score (nSPS) is 14.8. The lowest BCUT2D eigenvalue weighted by Crippen LogP contribution is -2.09. The molecule has 1 aromatic heterocycles. The summed E-state index contributed by atoms with van der Waals surface area (Å²) in [7, 11) is 0. The molecular weight excluding hydrogens is 258 g/mol. The molecule has 1 saturated carbocycles. The highest BCUT2D eigenvalue weighted by Crippen LogP contribution is 2.38. The predicted molar refractivity (Wildman–Crippen MR) is 87.7 cm³/mol. The second kappa shape index (κ2) is 5.84. The van der Waals surface area contributed by atoms with Crippen LogP contribution in [0.5, 0.6) is 0 Å². The zero-order chi connectivity index (χ0) is 14.8. The van der Waals surface area contributed by atoms with Crippen LogP contribution in [0.4, 0.5) is 5.82 Å². The van der Waals surface area contributed by atoms with Crippen LogP contribution in [0.1, 0.15) is 48.8 Å². The van der Waals surface area contributed by atoms with Gasteiger partial charge >= 0.3 is 0 Å². The number of hydrogen-bond donors (Lipinski definition) is 1. The summed E-state index contributed by atoms with van der Waals surface area (Å²) in [5, 5.41) is 12.1. The van der Waals surface area contributed by atoms with Crippen molar-refractivity contribution in [3.8, 4) is 11.3 Å². The smallest absolute Gasteiger partial charge is 0.151 e. The van der Waals surface area contributed by atoms with Crippen molar-refractivity contribution in [1.29, 1.82) is 0 Å². The largest absolute Gasteiger partial charge is 0.369 e. The molecule has 0 radical (unpaired) electrons. The molecule has 0 amide bonds. The summed E-state index contributed by atoms with van der Waals surface area (Å²) in [5.74, 6) is 1.65. The Hall–Kier alpha value is -1.90. The van der Waals surface area contributed by atoms with Gasteiger partial charge < -0.3 is 5.32 Å². The van der Waals surface area contributed by atoms with Gasteiger partial charge in [0.2, 0.25) is 0 Å². The standard InChI is InChI=1S/C18H23N3/c1-4-19-18-13(3)12(2)17(20-21-18)16-10-6-9-15(11-16)14-7-5-8-14/h6,9-11,14H,4-5,7-8H2,1-3H3,(H,19,21). The minimum atomic E-state index is 0.750. The van der Waals surface area contributed by atoms with Crippen LogP contribution >= 0.6 is 0 Å². The van der Waals surface area contributed by atoms with Crippen LogP contribution < -0.4 is 5.32 Å². The predicted octanol–water partition coefficient (Wildman–Crippen LogP) is 4.46. The second-order valence-corrected chi connectivity index (χ2v) is 5.93. The molecule has 0 spiro atoms. The van der Waals surface area contributed by atoms with Crippen LogP contribution in [0.2, 0.25) is 0 Å². The van der Waals surface area contributed by atoms with Crippen LogP contribution in [0.25, 0.3) is 11.3 Å². The fourth-order valence-electron chi connectivity index (χ4n) is 2.90. The van der Waals surface area contributed by atoms with Crippen LogP contribution in [-0.4, -0.2) is 16.7 Å². The van der Waals surface area contributed by atoms with Gasteiger partial charge in [-0.1, -0.05) is 24.6 Å². The van der Waals surface area contributed by atoms with E-state index in [9.17, 15) is 0 Å². The molecule has 0 bridgehead atoms. The van der Waals surface area contributed by atoms with Crippen molar-refractivity contribution in [2.75, 3.05) is 11.9 Å². The maximum absolute atomic E-state index is 4.46. The number of aromatic nitrogens is 2. The van der Waals surface area contributed by atoms with Gasteiger partial charge in [0.25, 0.3) is 0 Å². The summed E-state index contributed by atoms with van der Waals surface area (Å²) >= 11 is 0. The Kier molecular flexibility index (Phi) is 3.91. The first-order chi connectivity index (χ1) is 10.2. The zero-order valence-corrected chi connectivity index (χ0v) is 13.1. The van der Waals surface area contributed by atoms with E-state index in [2.05, 4.69) is 60.6 Å². The molecule has 0 unspecified atom stereocenters. The number of nitrogens with one attached hydrogen (secondary N) is 1. The first kappa shape index (κ1) is 14.1. The van der Waals surface area contributed by atoms with E-state index < -0.39 is 0 Å². The summed E-state index contributed by atoms with van der Waals surface area (Å²) in [5.41, 5.74) is 6.06. The SMILES string of the molecule is CCNc1nnc(-c2cccc(C3CCC3)c2)c(C)c1C. The number of benzene rings is 1. The molecule has 1 aliphatic rings. The number of rotatable bonds is 4. The van der Waals surface area contributed by atoms with E-state index in [1.54, 1.807) is 0 Å². The van der Waals surface area contributed by atoms with Gasteiger partial charge in [-0.05, 0) is 62.3 Å². The van der Waals surface area contributed by atoms with Gasteiger partial charge in [-0.2, -0.15) is 0 Å².